The highest BCUT2D eigenvalue weighted by Crippen LogP contribution is 2.29. The largest absolute Gasteiger partial charge is 0.396 e. The summed E-state index contributed by atoms with van der Waals surface area (Å²) in [5, 5.41) is 10.4. The number of ketones is 1. The Bertz CT molecular complexity index is 1050. The van der Waals surface area contributed by atoms with E-state index in [4.69, 9.17) is 0 Å². The van der Waals surface area contributed by atoms with Crippen LogP contribution in [0.1, 0.15) is 33.9 Å². The minimum Gasteiger partial charge on any atom is -0.396 e. The third kappa shape index (κ3) is 4.35. The van der Waals surface area contributed by atoms with Crippen molar-refractivity contribution in [2.45, 2.75) is 12.5 Å². The molecule has 3 aromatic carbocycles. The number of aromatic nitrogens is 1. The smallest absolute Gasteiger partial charge is 0.178 e. The molecule has 0 aliphatic heterocycles. The number of para-hydroxylation sites is 1. The SMILES string of the molecule is O=C(CN(CCCO)C(c1ccccc1)c1ccccc1)c1c[nH]c2ccccc12. The van der Waals surface area contributed by atoms with Crippen LogP contribution in [0.2, 0.25) is 0 Å². The predicted molar refractivity (Wildman–Crippen MR) is 121 cm³/mol. The Balaban J connectivity index is 1.69. The van der Waals surface area contributed by atoms with Gasteiger partial charge in [0.25, 0.3) is 0 Å². The van der Waals surface area contributed by atoms with Crippen LogP contribution in [-0.2, 0) is 0 Å². The molecule has 0 radical (unpaired) electrons. The molecule has 4 heteroatoms. The van der Waals surface area contributed by atoms with Gasteiger partial charge in [-0.15, -0.1) is 0 Å². The van der Waals surface area contributed by atoms with Crippen LogP contribution in [0, 0.1) is 0 Å². The molecule has 4 aromatic rings. The van der Waals surface area contributed by atoms with E-state index in [1.54, 1.807) is 6.20 Å². The molecule has 0 atom stereocenters. The zero-order valence-corrected chi connectivity index (χ0v) is 16.9. The van der Waals surface area contributed by atoms with E-state index in [-0.39, 0.29) is 25.0 Å². The summed E-state index contributed by atoms with van der Waals surface area (Å²) in [4.78, 5) is 18.7. The Kier molecular flexibility index (Phi) is 6.38. The molecule has 4 rings (SSSR count). The van der Waals surface area contributed by atoms with Crippen LogP contribution < -0.4 is 0 Å². The van der Waals surface area contributed by atoms with Gasteiger partial charge < -0.3 is 10.1 Å². The third-order valence-electron chi connectivity index (χ3n) is 5.44. The van der Waals surface area contributed by atoms with E-state index >= 15 is 0 Å². The van der Waals surface area contributed by atoms with Crippen molar-refractivity contribution in [3.8, 4) is 0 Å². The average Bonchev–Trinajstić information content (AvgIpc) is 3.23. The number of nitrogens with one attached hydrogen (secondary N) is 1. The molecule has 1 heterocycles. The summed E-state index contributed by atoms with van der Waals surface area (Å²) in [5.41, 5.74) is 3.94. The fourth-order valence-corrected chi connectivity index (χ4v) is 4.03. The first-order valence-corrected chi connectivity index (χ1v) is 10.3. The summed E-state index contributed by atoms with van der Waals surface area (Å²) in [5.74, 6) is 0.0715. The summed E-state index contributed by atoms with van der Waals surface area (Å²) in [6, 6.07) is 28.3. The van der Waals surface area contributed by atoms with Crippen molar-refractivity contribution in [3.63, 3.8) is 0 Å². The monoisotopic (exact) mass is 398 g/mol. The maximum absolute atomic E-state index is 13.3. The second kappa shape index (κ2) is 9.53. The number of nitrogens with zero attached hydrogens (tertiary/aromatic N) is 1. The number of aliphatic hydroxyl groups is 1. The predicted octanol–water partition coefficient (Wildman–Crippen LogP) is 4.82. The first-order chi connectivity index (χ1) is 14.8. The summed E-state index contributed by atoms with van der Waals surface area (Å²) in [6.07, 6.45) is 2.41. The van der Waals surface area contributed by atoms with Crippen molar-refractivity contribution >= 4 is 16.7 Å². The van der Waals surface area contributed by atoms with Crippen LogP contribution in [0.3, 0.4) is 0 Å². The molecule has 0 saturated heterocycles. The topological polar surface area (TPSA) is 56.3 Å². The molecule has 2 N–H and O–H groups in total. The quantitative estimate of drug-likeness (QED) is 0.397. The van der Waals surface area contributed by atoms with Gasteiger partial charge in [0.2, 0.25) is 0 Å². The molecule has 1 aromatic heterocycles. The second-order valence-electron chi connectivity index (χ2n) is 7.44. The van der Waals surface area contributed by atoms with Crippen molar-refractivity contribution in [1.82, 2.24) is 9.88 Å². The number of hydrogen-bond acceptors (Lipinski definition) is 3. The highest BCUT2D eigenvalue weighted by atomic mass is 16.3. The number of Topliss-reactive ketones (excluding diaryl/α,β-unsaturated/α-hetero) is 1. The number of fused-ring (bicyclic) bond motifs is 1. The number of rotatable bonds is 9. The van der Waals surface area contributed by atoms with Gasteiger partial charge >= 0.3 is 0 Å². The molecule has 0 bridgehead atoms. The lowest BCUT2D eigenvalue weighted by molar-refractivity contribution is 0.0900. The van der Waals surface area contributed by atoms with Crippen LogP contribution in [0.15, 0.2) is 91.1 Å². The van der Waals surface area contributed by atoms with E-state index in [0.29, 0.717) is 18.5 Å². The van der Waals surface area contributed by atoms with Gasteiger partial charge in [0, 0.05) is 35.8 Å². The summed E-state index contributed by atoms with van der Waals surface area (Å²) in [6.45, 7) is 0.990. The number of H-pyrrole nitrogens is 1. The van der Waals surface area contributed by atoms with Crippen molar-refractivity contribution in [2.24, 2.45) is 0 Å². The molecule has 0 spiro atoms. The average molecular weight is 399 g/mol. The Morgan fingerprint density at radius 3 is 2.10 bits per heavy atom. The number of benzene rings is 3. The fraction of sp³-hybridized carbons (Fsp3) is 0.192. The standard InChI is InChI=1S/C26H26N2O2/c29-17-9-16-28(19-25(30)23-18-27-24-15-8-7-14-22(23)24)26(20-10-3-1-4-11-20)21-12-5-2-6-13-21/h1-8,10-15,18,26-27,29H,9,16-17,19H2. The molecule has 0 saturated carbocycles. The minimum atomic E-state index is -0.0619. The lowest BCUT2D eigenvalue weighted by Gasteiger charge is -2.32. The molecule has 0 amide bonds. The molecule has 0 fully saturated rings. The van der Waals surface area contributed by atoms with Crippen LogP contribution >= 0.6 is 0 Å². The molecule has 30 heavy (non-hydrogen) atoms. The van der Waals surface area contributed by atoms with Crippen LogP contribution in [0.25, 0.3) is 10.9 Å². The Morgan fingerprint density at radius 1 is 0.867 bits per heavy atom. The maximum Gasteiger partial charge on any atom is 0.178 e. The highest BCUT2D eigenvalue weighted by molar-refractivity contribution is 6.08. The first-order valence-electron chi connectivity index (χ1n) is 10.3. The molecule has 152 valence electrons. The molecule has 0 unspecified atom stereocenters. The number of aromatic amines is 1. The highest BCUT2D eigenvalue weighted by Gasteiger charge is 2.25. The lowest BCUT2D eigenvalue weighted by atomic mass is 9.96. The summed E-state index contributed by atoms with van der Waals surface area (Å²) < 4.78 is 0. The van der Waals surface area contributed by atoms with Gasteiger partial charge in [-0.3, -0.25) is 9.69 Å². The van der Waals surface area contributed by atoms with Gasteiger partial charge in [0.1, 0.15) is 0 Å². The first kappa shape index (κ1) is 20.1. The zero-order chi connectivity index (χ0) is 20.8. The summed E-state index contributed by atoms with van der Waals surface area (Å²) in [7, 11) is 0. The molecule has 0 aliphatic carbocycles. The van der Waals surface area contributed by atoms with Gasteiger partial charge in [-0.1, -0.05) is 78.9 Å². The Labute approximate surface area is 176 Å². The van der Waals surface area contributed by atoms with E-state index in [9.17, 15) is 9.90 Å². The molecule has 4 nitrogen and oxygen atoms in total. The number of carbonyl (C=O) groups is 1. The van der Waals surface area contributed by atoms with Gasteiger partial charge in [0.15, 0.2) is 5.78 Å². The second-order valence-corrected chi connectivity index (χ2v) is 7.44. The third-order valence-corrected chi connectivity index (χ3v) is 5.44. The fourth-order valence-electron chi connectivity index (χ4n) is 4.03. The molecular weight excluding hydrogens is 372 g/mol. The van der Waals surface area contributed by atoms with Gasteiger partial charge in [-0.2, -0.15) is 0 Å². The zero-order valence-electron chi connectivity index (χ0n) is 16.9. The Morgan fingerprint density at radius 2 is 1.47 bits per heavy atom. The van der Waals surface area contributed by atoms with Crippen molar-refractivity contribution in [2.75, 3.05) is 19.7 Å². The van der Waals surface area contributed by atoms with Crippen molar-refractivity contribution < 1.29 is 9.90 Å². The van der Waals surface area contributed by atoms with Crippen molar-refractivity contribution in [1.29, 1.82) is 0 Å². The van der Waals surface area contributed by atoms with E-state index < -0.39 is 0 Å². The van der Waals surface area contributed by atoms with E-state index in [1.807, 2.05) is 60.7 Å². The Hall–Kier alpha value is -3.21. The minimum absolute atomic E-state index is 0.0619. The number of aliphatic hydroxyl groups excluding tert-OH is 1. The van der Waals surface area contributed by atoms with E-state index in [2.05, 4.69) is 34.1 Å². The summed E-state index contributed by atoms with van der Waals surface area (Å²) >= 11 is 0. The van der Waals surface area contributed by atoms with Crippen LogP contribution in [0.4, 0.5) is 0 Å². The molecular formula is C26H26N2O2. The van der Waals surface area contributed by atoms with Crippen LogP contribution in [-0.4, -0.2) is 40.5 Å². The van der Waals surface area contributed by atoms with Crippen LogP contribution in [0.5, 0.6) is 0 Å². The van der Waals surface area contributed by atoms with Gasteiger partial charge in [-0.05, 0) is 23.6 Å². The van der Waals surface area contributed by atoms with E-state index in [0.717, 1.165) is 22.0 Å². The number of hydrogen-bond donors (Lipinski definition) is 2. The number of carbonyl (C=O) groups excluding carboxylic acids is 1. The lowest BCUT2D eigenvalue weighted by Crippen LogP contribution is -2.35. The van der Waals surface area contributed by atoms with Crippen molar-refractivity contribution in [3.05, 3.63) is 108 Å². The molecule has 0 aliphatic rings. The normalized spacial score (nSPS) is 11.4. The maximum atomic E-state index is 13.3. The van der Waals surface area contributed by atoms with E-state index in [1.165, 1.54) is 0 Å². The van der Waals surface area contributed by atoms with Gasteiger partial charge in [-0.25, -0.2) is 0 Å². The van der Waals surface area contributed by atoms with Gasteiger partial charge in [0.05, 0.1) is 12.6 Å².